The van der Waals surface area contributed by atoms with Crippen LogP contribution in [0.2, 0.25) is 0 Å². The number of benzene rings is 2. The lowest BCUT2D eigenvalue weighted by Gasteiger charge is -2.49. The Balaban J connectivity index is 1.89. The van der Waals surface area contributed by atoms with Gasteiger partial charge in [-0.15, -0.1) is 0 Å². The number of hydrogen-bond donors (Lipinski definition) is 2. The molecule has 0 saturated carbocycles. The van der Waals surface area contributed by atoms with E-state index in [0.29, 0.717) is 25.4 Å². The summed E-state index contributed by atoms with van der Waals surface area (Å²) >= 11 is 3.53. The zero-order chi connectivity index (χ0) is 21.5. The zero-order valence-electron chi connectivity index (χ0n) is 17.3. The SMILES string of the molecule is COc1cc(Br)ccc1[C@@H]1c2ccc(N)c(C=N)c2C[C@@H](C)N1CC1(CF)COC1. The largest absolute Gasteiger partial charge is 0.496 e. The molecule has 4 rings (SSSR count). The van der Waals surface area contributed by atoms with Gasteiger partial charge in [-0.1, -0.05) is 28.1 Å². The molecule has 30 heavy (non-hydrogen) atoms. The number of ether oxygens (including phenoxy) is 2. The molecule has 2 heterocycles. The van der Waals surface area contributed by atoms with Gasteiger partial charge in [0.05, 0.1) is 31.8 Å². The summed E-state index contributed by atoms with van der Waals surface area (Å²) < 4.78 is 26.0. The molecule has 2 aliphatic heterocycles. The summed E-state index contributed by atoms with van der Waals surface area (Å²) in [5, 5.41) is 7.91. The fraction of sp³-hybridized carbons (Fsp3) is 0.435. The molecule has 2 aromatic rings. The Morgan fingerprint density at radius 3 is 2.67 bits per heavy atom. The van der Waals surface area contributed by atoms with Gasteiger partial charge in [0.1, 0.15) is 12.4 Å². The van der Waals surface area contributed by atoms with Crippen LogP contribution in [0, 0.1) is 10.8 Å². The summed E-state index contributed by atoms with van der Waals surface area (Å²) in [7, 11) is 1.66. The third-order valence-electron chi connectivity index (χ3n) is 6.37. The summed E-state index contributed by atoms with van der Waals surface area (Å²) in [5.74, 6) is 0.770. The number of nitrogens with two attached hydrogens (primary N) is 1. The monoisotopic (exact) mass is 475 g/mol. The summed E-state index contributed by atoms with van der Waals surface area (Å²) in [4.78, 5) is 2.36. The molecule has 0 spiro atoms. The third kappa shape index (κ3) is 3.53. The predicted molar refractivity (Wildman–Crippen MR) is 120 cm³/mol. The summed E-state index contributed by atoms with van der Waals surface area (Å²) in [6, 6.07) is 9.93. The number of nitrogens with zero attached hydrogens (tertiary/aromatic N) is 1. The molecule has 0 aliphatic carbocycles. The minimum atomic E-state index is -0.467. The lowest BCUT2D eigenvalue weighted by Crippen LogP contribution is -2.56. The molecule has 0 bridgehead atoms. The minimum Gasteiger partial charge on any atom is -0.496 e. The second kappa shape index (κ2) is 8.29. The molecular weight excluding hydrogens is 449 g/mol. The van der Waals surface area contributed by atoms with Gasteiger partial charge in [-0.25, -0.2) is 0 Å². The first-order valence-corrected chi connectivity index (χ1v) is 10.9. The van der Waals surface area contributed by atoms with Gasteiger partial charge in [0.15, 0.2) is 0 Å². The first-order chi connectivity index (χ1) is 14.4. The molecule has 0 radical (unpaired) electrons. The zero-order valence-corrected chi connectivity index (χ0v) is 18.8. The quantitative estimate of drug-likeness (QED) is 0.480. The van der Waals surface area contributed by atoms with E-state index in [1.807, 2.05) is 24.3 Å². The average molecular weight is 476 g/mol. The van der Waals surface area contributed by atoms with E-state index >= 15 is 0 Å². The number of nitrogen functional groups attached to an aromatic ring is 1. The molecule has 1 saturated heterocycles. The Labute approximate surface area is 185 Å². The lowest BCUT2D eigenvalue weighted by molar-refractivity contribution is -0.143. The molecule has 160 valence electrons. The minimum absolute atomic E-state index is 0.130. The van der Waals surface area contributed by atoms with E-state index in [9.17, 15) is 4.39 Å². The van der Waals surface area contributed by atoms with Crippen molar-refractivity contribution < 1.29 is 13.9 Å². The highest BCUT2D eigenvalue weighted by molar-refractivity contribution is 9.10. The average Bonchev–Trinajstić information content (AvgIpc) is 2.71. The first kappa shape index (κ1) is 21.3. The number of methoxy groups -OCH3 is 1. The second-order valence-corrected chi connectivity index (χ2v) is 9.34. The van der Waals surface area contributed by atoms with Crippen LogP contribution in [-0.4, -0.2) is 50.7 Å². The van der Waals surface area contributed by atoms with Gasteiger partial charge in [-0.05, 0) is 42.7 Å². The highest BCUT2D eigenvalue weighted by atomic mass is 79.9. The highest BCUT2D eigenvalue weighted by Crippen LogP contribution is 2.45. The van der Waals surface area contributed by atoms with E-state index in [1.54, 1.807) is 7.11 Å². The van der Waals surface area contributed by atoms with Crippen LogP contribution < -0.4 is 10.5 Å². The Kier molecular flexibility index (Phi) is 5.88. The normalized spacial score (nSPS) is 22.8. The standard InChI is InChI=1S/C23H27BrFN3O2/c1-14-7-18-16(5-6-20(27)19(18)9-26)22(17-4-3-15(24)8-21(17)29-2)28(14)11-23(10-25)12-30-13-23/h3-6,8-9,14,22,26H,7,10-13,27H2,1-2H3/t14-,22+/m1/s1. The molecule has 2 aromatic carbocycles. The summed E-state index contributed by atoms with van der Waals surface area (Å²) in [6.07, 6.45) is 2.10. The van der Waals surface area contributed by atoms with Gasteiger partial charge in [0, 0.05) is 40.1 Å². The molecule has 7 heteroatoms. The van der Waals surface area contributed by atoms with Gasteiger partial charge in [-0.2, -0.15) is 0 Å². The molecule has 0 unspecified atom stereocenters. The number of fused-ring (bicyclic) bond motifs is 1. The summed E-state index contributed by atoms with van der Waals surface area (Å²) in [6.45, 7) is 3.23. The Morgan fingerprint density at radius 1 is 1.33 bits per heavy atom. The third-order valence-corrected chi connectivity index (χ3v) is 6.86. The van der Waals surface area contributed by atoms with E-state index in [1.165, 1.54) is 6.21 Å². The van der Waals surface area contributed by atoms with Crippen LogP contribution in [0.4, 0.5) is 10.1 Å². The Morgan fingerprint density at radius 2 is 2.07 bits per heavy atom. The first-order valence-electron chi connectivity index (χ1n) is 10.1. The van der Waals surface area contributed by atoms with Crippen molar-refractivity contribution in [2.75, 3.05) is 39.3 Å². The van der Waals surface area contributed by atoms with Crippen LogP contribution >= 0.6 is 15.9 Å². The van der Waals surface area contributed by atoms with Crippen molar-refractivity contribution in [2.45, 2.75) is 25.4 Å². The van der Waals surface area contributed by atoms with Gasteiger partial charge in [-0.3, -0.25) is 9.29 Å². The van der Waals surface area contributed by atoms with Gasteiger partial charge >= 0.3 is 0 Å². The van der Waals surface area contributed by atoms with Crippen LogP contribution in [0.25, 0.3) is 0 Å². The molecule has 2 aliphatic rings. The van der Waals surface area contributed by atoms with Crippen molar-refractivity contribution in [2.24, 2.45) is 5.41 Å². The van der Waals surface area contributed by atoms with Crippen LogP contribution in [-0.2, 0) is 11.2 Å². The van der Waals surface area contributed by atoms with Crippen LogP contribution in [0.15, 0.2) is 34.8 Å². The van der Waals surface area contributed by atoms with Crippen LogP contribution in [0.3, 0.4) is 0 Å². The molecule has 1 fully saturated rings. The van der Waals surface area contributed by atoms with E-state index < -0.39 is 12.1 Å². The second-order valence-electron chi connectivity index (χ2n) is 8.42. The molecule has 0 amide bonds. The van der Waals surface area contributed by atoms with Crippen molar-refractivity contribution in [3.8, 4) is 5.75 Å². The predicted octanol–water partition coefficient (Wildman–Crippen LogP) is 4.36. The van der Waals surface area contributed by atoms with Crippen LogP contribution in [0.5, 0.6) is 5.75 Å². The smallest absolute Gasteiger partial charge is 0.125 e. The number of nitrogens with one attached hydrogen (secondary N) is 1. The number of halogens is 2. The van der Waals surface area contributed by atoms with Crippen LogP contribution in [0.1, 0.15) is 35.2 Å². The van der Waals surface area contributed by atoms with Crippen molar-refractivity contribution in [1.82, 2.24) is 4.90 Å². The van der Waals surface area contributed by atoms with Gasteiger partial charge in [0.2, 0.25) is 0 Å². The molecule has 5 nitrogen and oxygen atoms in total. The molecule has 2 atom stereocenters. The number of rotatable bonds is 6. The molecular formula is C23H27BrFN3O2. The Bertz CT molecular complexity index is 958. The highest BCUT2D eigenvalue weighted by Gasteiger charge is 2.45. The maximum absolute atomic E-state index is 14.0. The topological polar surface area (TPSA) is 71.6 Å². The van der Waals surface area contributed by atoms with E-state index in [0.717, 1.165) is 38.9 Å². The molecule has 3 N–H and O–H groups in total. The van der Waals surface area contributed by atoms with Crippen molar-refractivity contribution in [1.29, 1.82) is 5.41 Å². The maximum atomic E-state index is 14.0. The number of anilines is 1. The number of alkyl halides is 1. The summed E-state index contributed by atoms with van der Waals surface area (Å²) in [5.41, 5.74) is 10.3. The van der Waals surface area contributed by atoms with E-state index in [4.69, 9.17) is 20.6 Å². The number of hydrogen-bond acceptors (Lipinski definition) is 5. The van der Waals surface area contributed by atoms with Crippen molar-refractivity contribution >= 4 is 27.8 Å². The lowest BCUT2D eigenvalue weighted by atomic mass is 9.79. The molecule has 0 aromatic heterocycles. The van der Waals surface area contributed by atoms with Crippen molar-refractivity contribution in [3.05, 3.63) is 57.1 Å². The maximum Gasteiger partial charge on any atom is 0.125 e. The van der Waals surface area contributed by atoms with Crippen molar-refractivity contribution in [3.63, 3.8) is 0 Å². The van der Waals surface area contributed by atoms with E-state index in [-0.39, 0.29) is 12.1 Å². The fourth-order valence-corrected chi connectivity index (χ4v) is 5.03. The van der Waals surface area contributed by atoms with Gasteiger partial charge in [0.25, 0.3) is 0 Å². The Hall–Kier alpha value is -1.96. The van der Waals surface area contributed by atoms with Gasteiger partial charge < -0.3 is 20.6 Å². The fourth-order valence-electron chi connectivity index (χ4n) is 4.69. The van der Waals surface area contributed by atoms with E-state index in [2.05, 4.69) is 33.8 Å².